The maximum atomic E-state index is 12.8. The number of halogens is 3. The molecule has 1 aliphatic rings. The summed E-state index contributed by atoms with van der Waals surface area (Å²) < 4.78 is 43.6. The Labute approximate surface area is 191 Å². The SMILES string of the molecule is CNC(=O)CCCC=CC[C@H]1[C@@H](O)CC(=O)[C@@H]1C=C[C@@H](O)COc1cccc(C(F)(F)F)c1. The topological polar surface area (TPSA) is 95.9 Å². The van der Waals surface area contributed by atoms with Gasteiger partial charge in [-0.3, -0.25) is 9.59 Å². The van der Waals surface area contributed by atoms with Gasteiger partial charge < -0.3 is 20.3 Å². The summed E-state index contributed by atoms with van der Waals surface area (Å²) in [6.45, 7) is -0.281. The fourth-order valence-corrected chi connectivity index (χ4v) is 3.65. The molecule has 4 atom stereocenters. The minimum Gasteiger partial charge on any atom is -0.491 e. The largest absolute Gasteiger partial charge is 0.491 e. The molecule has 182 valence electrons. The van der Waals surface area contributed by atoms with E-state index in [2.05, 4.69) is 5.32 Å². The number of rotatable bonds is 11. The van der Waals surface area contributed by atoms with Crippen LogP contribution in [0.4, 0.5) is 13.2 Å². The molecule has 33 heavy (non-hydrogen) atoms. The predicted molar refractivity (Wildman–Crippen MR) is 116 cm³/mol. The number of ether oxygens (including phenoxy) is 1. The quantitative estimate of drug-likeness (QED) is 0.341. The number of carbonyl (C=O) groups excluding carboxylic acids is 2. The van der Waals surface area contributed by atoms with E-state index in [0.717, 1.165) is 12.1 Å². The van der Waals surface area contributed by atoms with Gasteiger partial charge in [0.15, 0.2) is 0 Å². The van der Waals surface area contributed by atoms with E-state index in [1.807, 2.05) is 12.2 Å². The molecule has 0 radical (unpaired) electrons. The van der Waals surface area contributed by atoms with Gasteiger partial charge in [0, 0.05) is 31.7 Å². The predicted octanol–water partition coefficient (Wildman–Crippen LogP) is 3.43. The van der Waals surface area contributed by atoms with Crippen LogP contribution in [0.3, 0.4) is 0 Å². The van der Waals surface area contributed by atoms with Crippen molar-refractivity contribution in [3.8, 4) is 5.75 Å². The summed E-state index contributed by atoms with van der Waals surface area (Å²) in [5.41, 5.74) is -0.847. The van der Waals surface area contributed by atoms with Crippen LogP contribution >= 0.6 is 0 Å². The first kappa shape index (κ1) is 26.6. The van der Waals surface area contributed by atoms with Gasteiger partial charge >= 0.3 is 6.18 Å². The van der Waals surface area contributed by atoms with Crippen molar-refractivity contribution in [2.45, 2.75) is 50.5 Å². The van der Waals surface area contributed by atoms with Crippen molar-refractivity contribution in [2.75, 3.05) is 13.7 Å². The van der Waals surface area contributed by atoms with E-state index in [0.29, 0.717) is 25.7 Å². The molecule has 0 spiro atoms. The van der Waals surface area contributed by atoms with Gasteiger partial charge in [-0.25, -0.2) is 0 Å². The molecule has 0 aromatic heterocycles. The van der Waals surface area contributed by atoms with Crippen molar-refractivity contribution in [3.05, 3.63) is 54.1 Å². The third kappa shape index (κ3) is 8.66. The molecule has 1 aromatic carbocycles. The van der Waals surface area contributed by atoms with E-state index < -0.39 is 29.9 Å². The second-order valence-electron chi connectivity index (χ2n) is 7.99. The third-order valence-electron chi connectivity index (χ3n) is 5.49. The molecule has 1 amide bonds. The Balaban J connectivity index is 1.86. The van der Waals surface area contributed by atoms with Gasteiger partial charge in [-0.2, -0.15) is 13.2 Å². The van der Waals surface area contributed by atoms with Crippen LogP contribution in [0.1, 0.15) is 37.7 Å². The van der Waals surface area contributed by atoms with Crippen LogP contribution < -0.4 is 10.1 Å². The van der Waals surface area contributed by atoms with Crippen LogP contribution in [0.25, 0.3) is 0 Å². The Kier molecular flexibility index (Phi) is 10.1. The van der Waals surface area contributed by atoms with Gasteiger partial charge in [-0.1, -0.05) is 30.4 Å². The zero-order chi connectivity index (χ0) is 24.4. The van der Waals surface area contributed by atoms with E-state index >= 15 is 0 Å². The summed E-state index contributed by atoms with van der Waals surface area (Å²) >= 11 is 0. The number of allylic oxidation sites excluding steroid dienone is 3. The van der Waals surface area contributed by atoms with Crippen molar-refractivity contribution in [2.24, 2.45) is 11.8 Å². The van der Waals surface area contributed by atoms with Crippen LogP contribution in [-0.4, -0.2) is 47.8 Å². The van der Waals surface area contributed by atoms with Gasteiger partial charge in [0.05, 0.1) is 11.7 Å². The van der Waals surface area contributed by atoms with E-state index in [-0.39, 0.29) is 36.4 Å². The van der Waals surface area contributed by atoms with Crippen molar-refractivity contribution < 1.29 is 37.7 Å². The second kappa shape index (κ2) is 12.6. The van der Waals surface area contributed by atoms with E-state index in [9.17, 15) is 33.0 Å². The van der Waals surface area contributed by atoms with Crippen LogP contribution in [0.15, 0.2) is 48.6 Å². The summed E-state index contributed by atoms with van der Waals surface area (Å²) in [6, 6.07) is 4.36. The number of alkyl halides is 3. The zero-order valence-corrected chi connectivity index (χ0v) is 18.4. The first-order valence-electron chi connectivity index (χ1n) is 10.8. The van der Waals surface area contributed by atoms with Crippen LogP contribution in [0, 0.1) is 11.8 Å². The fraction of sp³-hybridized carbons (Fsp3) is 0.500. The highest BCUT2D eigenvalue weighted by atomic mass is 19.4. The molecule has 1 aromatic rings. The minimum atomic E-state index is -4.49. The number of Topliss-reactive ketones (excluding diaryl/α,β-unsaturated/α-hetero) is 1. The highest BCUT2D eigenvalue weighted by Crippen LogP contribution is 2.34. The highest BCUT2D eigenvalue weighted by Gasteiger charge is 2.39. The number of hydrogen-bond donors (Lipinski definition) is 3. The Bertz CT molecular complexity index is 853. The molecule has 1 aliphatic carbocycles. The molecule has 0 unspecified atom stereocenters. The summed E-state index contributed by atoms with van der Waals surface area (Å²) in [4.78, 5) is 23.5. The number of aliphatic hydroxyl groups excluding tert-OH is 2. The second-order valence-corrected chi connectivity index (χ2v) is 7.99. The average molecular weight is 470 g/mol. The smallest absolute Gasteiger partial charge is 0.416 e. The lowest BCUT2D eigenvalue weighted by Gasteiger charge is -2.17. The number of nitrogens with one attached hydrogen (secondary N) is 1. The molecule has 0 bridgehead atoms. The lowest BCUT2D eigenvalue weighted by Crippen LogP contribution is -2.20. The Morgan fingerprint density at radius 1 is 1.33 bits per heavy atom. The molecule has 6 nitrogen and oxygen atoms in total. The van der Waals surface area contributed by atoms with Crippen molar-refractivity contribution in [1.29, 1.82) is 0 Å². The number of unbranched alkanes of at least 4 members (excludes halogenated alkanes) is 1. The summed E-state index contributed by atoms with van der Waals surface area (Å²) in [6.07, 6.45) is 2.61. The van der Waals surface area contributed by atoms with E-state index in [4.69, 9.17) is 4.74 Å². The fourth-order valence-electron chi connectivity index (χ4n) is 3.65. The van der Waals surface area contributed by atoms with Gasteiger partial charge in [0.1, 0.15) is 24.2 Å². The summed E-state index contributed by atoms with van der Waals surface area (Å²) in [5, 5.41) is 22.9. The van der Waals surface area contributed by atoms with Gasteiger partial charge in [0.25, 0.3) is 0 Å². The highest BCUT2D eigenvalue weighted by molar-refractivity contribution is 5.86. The Morgan fingerprint density at radius 3 is 2.79 bits per heavy atom. The standard InChI is InChI=1S/C24H30F3NO5/c1-28-23(32)10-5-3-2-4-9-19-20(22(31)14-21(19)30)12-11-17(29)15-33-18-8-6-7-16(13-18)24(25,26)27/h2,4,6-8,11-13,17,19-21,29-30H,3,5,9-10,14-15H2,1H3,(H,28,32)/t17-,19-,20-,21+/m1/s1. The monoisotopic (exact) mass is 469 g/mol. The molecule has 0 saturated heterocycles. The Morgan fingerprint density at radius 2 is 2.09 bits per heavy atom. The summed E-state index contributed by atoms with van der Waals surface area (Å²) in [7, 11) is 1.58. The average Bonchev–Trinajstić information content (AvgIpc) is 3.04. The van der Waals surface area contributed by atoms with Crippen molar-refractivity contribution >= 4 is 11.7 Å². The summed E-state index contributed by atoms with van der Waals surface area (Å²) in [5.74, 6) is -1.09. The number of aliphatic hydroxyl groups is 2. The van der Waals surface area contributed by atoms with Crippen molar-refractivity contribution in [3.63, 3.8) is 0 Å². The van der Waals surface area contributed by atoms with Crippen LogP contribution in [0.5, 0.6) is 5.75 Å². The van der Waals surface area contributed by atoms with Crippen LogP contribution in [-0.2, 0) is 15.8 Å². The molecular weight excluding hydrogens is 439 g/mol. The van der Waals surface area contributed by atoms with E-state index in [1.165, 1.54) is 24.3 Å². The number of hydrogen-bond acceptors (Lipinski definition) is 5. The van der Waals surface area contributed by atoms with E-state index in [1.54, 1.807) is 7.05 Å². The first-order chi connectivity index (χ1) is 15.6. The molecular formula is C24H30F3NO5. The Hall–Kier alpha value is -2.65. The maximum absolute atomic E-state index is 12.8. The van der Waals surface area contributed by atoms with Gasteiger partial charge in [-0.05, 0) is 37.5 Å². The number of ketones is 1. The van der Waals surface area contributed by atoms with Crippen molar-refractivity contribution in [1.82, 2.24) is 5.32 Å². The normalized spacial score (nSPS) is 22.2. The number of carbonyl (C=O) groups is 2. The molecule has 0 heterocycles. The number of amides is 1. The zero-order valence-electron chi connectivity index (χ0n) is 18.4. The lowest BCUT2D eigenvalue weighted by molar-refractivity contribution is -0.137. The minimum absolute atomic E-state index is 0.0240. The van der Waals surface area contributed by atoms with Gasteiger partial charge in [0.2, 0.25) is 5.91 Å². The first-order valence-corrected chi connectivity index (χ1v) is 10.8. The third-order valence-corrected chi connectivity index (χ3v) is 5.49. The molecule has 1 fully saturated rings. The molecule has 1 saturated carbocycles. The lowest BCUT2D eigenvalue weighted by atomic mass is 9.90. The van der Waals surface area contributed by atoms with Crippen LogP contribution in [0.2, 0.25) is 0 Å². The number of benzene rings is 1. The maximum Gasteiger partial charge on any atom is 0.416 e. The molecule has 9 heteroatoms. The molecule has 2 rings (SSSR count). The molecule has 0 aliphatic heterocycles. The molecule has 3 N–H and O–H groups in total. The van der Waals surface area contributed by atoms with Gasteiger partial charge in [-0.15, -0.1) is 0 Å².